The van der Waals surface area contributed by atoms with Crippen LogP contribution in [0.2, 0.25) is 0 Å². The molecule has 0 bridgehead atoms. The number of methoxy groups -OCH3 is 3. The Morgan fingerprint density at radius 2 is 1.61 bits per heavy atom. The zero-order chi connectivity index (χ0) is 17.0. The van der Waals surface area contributed by atoms with E-state index in [2.05, 4.69) is 5.32 Å². The molecule has 1 N–H and O–H groups in total. The average molecular weight is 318 g/mol. The first kappa shape index (κ1) is 16.4. The monoisotopic (exact) mass is 318 g/mol. The Bertz CT molecular complexity index is 705. The molecule has 0 saturated heterocycles. The average Bonchev–Trinajstić information content (AvgIpc) is 2.55. The summed E-state index contributed by atoms with van der Waals surface area (Å²) < 4.78 is 15.8. The predicted octanol–water partition coefficient (Wildman–Crippen LogP) is 3.67. The number of anilines is 2. The summed E-state index contributed by atoms with van der Waals surface area (Å²) in [6.45, 7) is 1.80. The van der Waals surface area contributed by atoms with Crippen molar-refractivity contribution in [1.29, 1.82) is 0 Å². The highest BCUT2D eigenvalue weighted by Gasteiger charge is 2.17. The molecule has 23 heavy (non-hydrogen) atoms. The van der Waals surface area contributed by atoms with E-state index in [-0.39, 0.29) is 5.69 Å². The number of hydrogen-bond acceptors (Lipinski definition) is 6. The molecular formula is C16H18N2O5. The highest BCUT2D eigenvalue weighted by atomic mass is 16.6. The smallest absolute Gasteiger partial charge is 0.292 e. The van der Waals surface area contributed by atoms with Crippen LogP contribution in [-0.2, 0) is 0 Å². The van der Waals surface area contributed by atoms with Gasteiger partial charge in [0.25, 0.3) is 5.69 Å². The third kappa shape index (κ3) is 3.45. The van der Waals surface area contributed by atoms with Crippen molar-refractivity contribution in [3.05, 3.63) is 46.0 Å². The topological polar surface area (TPSA) is 82.9 Å². The van der Waals surface area contributed by atoms with Crippen LogP contribution in [0.4, 0.5) is 17.1 Å². The molecule has 0 heterocycles. The number of hydrogen-bond donors (Lipinski definition) is 1. The third-order valence-corrected chi connectivity index (χ3v) is 3.29. The molecule has 0 radical (unpaired) electrons. The second-order valence-electron chi connectivity index (χ2n) is 4.82. The number of nitrogens with zero attached hydrogens (tertiary/aromatic N) is 1. The van der Waals surface area contributed by atoms with Gasteiger partial charge in [0.2, 0.25) is 5.75 Å². The first-order valence-corrected chi connectivity index (χ1v) is 6.82. The van der Waals surface area contributed by atoms with Gasteiger partial charge < -0.3 is 19.5 Å². The second-order valence-corrected chi connectivity index (χ2v) is 4.82. The summed E-state index contributed by atoms with van der Waals surface area (Å²) in [6, 6.07) is 8.35. The second kappa shape index (κ2) is 6.87. The van der Waals surface area contributed by atoms with Gasteiger partial charge in [-0.25, -0.2) is 0 Å². The van der Waals surface area contributed by atoms with E-state index in [1.165, 1.54) is 27.4 Å². The molecule has 0 amide bonds. The molecule has 0 aliphatic carbocycles. The molecule has 7 nitrogen and oxygen atoms in total. The molecule has 2 aromatic rings. The van der Waals surface area contributed by atoms with Crippen LogP contribution in [0.5, 0.6) is 17.2 Å². The lowest BCUT2D eigenvalue weighted by Gasteiger charge is -2.15. The van der Waals surface area contributed by atoms with Crippen LogP contribution in [0.1, 0.15) is 5.56 Å². The van der Waals surface area contributed by atoms with E-state index in [1.54, 1.807) is 31.2 Å². The molecule has 0 saturated carbocycles. The highest BCUT2D eigenvalue weighted by Crippen LogP contribution is 2.41. The zero-order valence-corrected chi connectivity index (χ0v) is 13.4. The number of benzene rings is 2. The van der Waals surface area contributed by atoms with Crippen LogP contribution >= 0.6 is 0 Å². The summed E-state index contributed by atoms with van der Waals surface area (Å²) in [7, 11) is 4.53. The Kier molecular flexibility index (Phi) is 4.90. The number of aryl methyl sites for hydroxylation is 1. The van der Waals surface area contributed by atoms with Gasteiger partial charge in [-0.1, -0.05) is 6.07 Å². The Balaban J connectivity index is 2.47. The fourth-order valence-electron chi connectivity index (χ4n) is 2.21. The quantitative estimate of drug-likeness (QED) is 0.646. The maximum Gasteiger partial charge on any atom is 0.292 e. The first-order valence-electron chi connectivity index (χ1n) is 6.82. The summed E-state index contributed by atoms with van der Waals surface area (Å²) in [4.78, 5) is 10.8. The van der Waals surface area contributed by atoms with Crippen LogP contribution in [0.25, 0.3) is 0 Å². The lowest BCUT2D eigenvalue weighted by molar-refractivity contribution is -0.384. The van der Waals surface area contributed by atoms with Gasteiger partial charge in [-0.05, 0) is 18.6 Å². The minimum absolute atomic E-state index is 0.00116. The summed E-state index contributed by atoms with van der Waals surface area (Å²) in [5.41, 5.74) is 1.78. The number of nitrogens with one attached hydrogen (secondary N) is 1. The Hall–Kier alpha value is -2.96. The number of nitro benzene ring substituents is 1. The number of nitro groups is 1. The van der Waals surface area contributed by atoms with Gasteiger partial charge in [0.1, 0.15) is 5.69 Å². The normalized spacial score (nSPS) is 10.1. The molecule has 0 aliphatic heterocycles. The fourth-order valence-corrected chi connectivity index (χ4v) is 2.21. The van der Waals surface area contributed by atoms with Crippen molar-refractivity contribution >= 4 is 17.1 Å². The van der Waals surface area contributed by atoms with Crippen LogP contribution in [0.15, 0.2) is 30.3 Å². The van der Waals surface area contributed by atoms with Gasteiger partial charge in [-0.2, -0.15) is 0 Å². The third-order valence-electron chi connectivity index (χ3n) is 3.29. The molecule has 0 aromatic heterocycles. The molecule has 2 rings (SSSR count). The molecule has 0 unspecified atom stereocenters. The van der Waals surface area contributed by atoms with E-state index >= 15 is 0 Å². The first-order chi connectivity index (χ1) is 11.0. The summed E-state index contributed by atoms with van der Waals surface area (Å²) in [6.07, 6.45) is 0. The van der Waals surface area contributed by atoms with Crippen molar-refractivity contribution < 1.29 is 19.1 Å². The van der Waals surface area contributed by atoms with E-state index < -0.39 is 4.92 Å². The molecule has 122 valence electrons. The van der Waals surface area contributed by atoms with E-state index in [0.717, 1.165) is 5.56 Å². The fraction of sp³-hybridized carbons (Fsp3) is 0.250. The van der Waals surface area contributed by atoms with Gasteiger partial charge in [0.15, 0.2) is 11.5 Å². The van der Waals surface area contributed by atoms with E-state index in [0.29, 0.717) is 28.6 Å². The molecule has 0 atom stereocenters. The van der Waals surface area contributed by atoms with Crippen molar-refractivity contribution in [1.82, 2.24) is 0 Å². The molecule has 0 spiro atoms. The largest absolute Gasteiger partial charge is 0.493 e. The van der Waals surface area contributed by atoms with Crippen LogP contribution in [-0.4, -0.2) is 26.3 Å². The van der Waals surface area contributed by atoms with Crippen LogP contribution in [0.3, 0.4) is 0 Å². The lowest BCUT2D eigenvalue weighted by atomic mass is 10.2. The highest BCUT2D eigenvalue weighted by molar-refractivity contribution is 5.73. The molecule has 7 heteroatoms. The van der Waals surface area contributed by atoms with Crippen molar-refractivity contribution in [3.63, 3.8) is 0 Å². The van der Waals surface area contributed by atoms with Gasteiger partial charge in [0, 0.05) is 23.9 Å². The summed E-state index contributed by atoms with van der Waals surface area (Å²) in [5.74, 6) is 1.38. The standard InChI is InChI=1S/C16H18N2O5/c1-10-5-6-12(13(7-10)18(19)20)17-11-8-14(21-2)16(23-4)15(9-11)22-3/h5-9,17H,1-4H3. The Labute approximate surface area is 133 Å². The van der Waals surface area contributed by atoms with Gasteiger partial charge in [-0.3, -0.25) is 10.1 Å². The predicted molar refractivity (Wildman–Crippen MR) is 87.2 cm³/mol. The molecular weight excluding hydrogens is 300 g/mol. The van der Waals surface area contributed by atoms with E-state index in [1.807, 2.05) is 0 Å². The van der Waals surface area contributed by atoms with Crippen molar-refractivity contribution in [3.8, 4) is 17.2 Å². The summed E-state index contributed by atoms with van der Waals surface area (Å²) in [5, 5.41) is 14.2. The van der Waals surface area contributed by atoms with Crippen LogP contribution in [0, 0.1) is 17.0 Å². The van der Waals surface area contributed by atoms with E-state index in [4.69, 9.17) is 14.2 Å². The van der Waals surface area contributed by atoms with Crippen LogP contribution < -0.4 is 19.5 Å². The molecule has 0 aliphatic rings. The van der Waals surface area contributed by atoms with Crippen molar-refractivity contribution in [2.75, 3.05) is 26.6 Å². The van der Waals surface area contributed by atoms with Crippen molar-refractivity contribution in [2.45, 2.75) is 6.92 Å². The Morgan fingerprint density at radius 3 is 2.09 bits per heavy atom. The Morgan fingerprint density at radius 1 is 1.00 bits per heavy atom. The van der Waals surface area contributed by atoms with Crippen molar-refractivity contribution in [2.24, 2.45) is 0 Å². The minimum Gasteiger partial charge on any atom is -0.493 e. The van der Waals surface area contributed by atoms with Gasteiger partial charge in [-0.15, -0.1) is 0 Å². The SMILES string of the molecule is COc1cc(Nc2ccc(C)cc2[N+](=O)[O-])cc(OC)c1OC. The lowest BCUT2D eigenvalue weighted by Crippen LogP contribution is -2.00. The maximum absolute atomic E-state index is 11.2. The maximum atomic E-state index is 11.2. The van der Waals surface area contributed by atoms with E-state index in [9.17, 15) is 10.1 Å². The number of ether oxygens (including phenoxy) is 3. The van der Waals surface area contributed by atoms with Gasteiger partial charge >= 0.3 is 0 Å². The molecule has 2 aromatic carbocycles. The van der Waals surface area contributed by atoms with Gasteiger partial charge in [0.05, 0.1) is 26.3 Å². The molecule has 0 fully saturated rings. The number of rotatable bonds is 6. The minimum atomic E-state index is -0.423. The summed E-state index contributed by atoms with van der Waals surface area (Å²) >= 11 is 0. The zero-order valence-electron chi connectivity index (χ0n) is 13.4.